The highest BCUT2D eigenvalue weighted by atomic mass is 16.6. The molecule has 0 saturated carbocycles. The smallest absolute Gasteiger partial charge is 0.410 e. The fourth-order valence-electron chi connectivity index (χ4n) is 2.55. The monoisotopic (exact) mass is 389 g/mol. The molecule has 0 bridgehead atoms. The Morgan fingerprint density at radius 2 is 2.07 bits per heavy atom. The number of fused-ring (bicyclic) bond motifs is 1. The van der Waals surface area contributed by atoms with E-state index in [4.69, 9.17) is 9.47 Å². The third-order valence-electron chi connectivity index (χ3n) is 3.81. The minimum Gasteiger partial charge on any atom is -0.491 e. The molecule has 1 aliphatic heterocycles. The van der Waals surface area contributed by atoms with Crippen molar-refractivity contribution in [3.63, 3.8) is 0 Å². The van der Waals surface area contributed by atoms with E-state index < -0.39 is 11.7 Å². The third-order valence-corrected chi connectivity index (χ3v) is 3.81. The lowest BCUT2D eigenvalue weighted by Crippen LogP contribution is -2.37. The lowest BCUT2D eigenvalue weighted by molar-refractivity contribution is -0.117. The van der Waals surface area contributed by atoms with Crippen molar-refractivity contribution in [3.8, 4) is 5.75 Å². The molecular weight excluding hydrogens is 362 g/mol. The van der Waals surface area contributed by atoms with Crippen LogP contribution in [0.1, 0.15) is 32.8 Å². The van der Waals surface area contributed by atoms with Gasteiger partial charge in [0.15, 0.2) is 0 Å². The summed E-state index contributed by atoms with van der Waals surface area (Å²) in [5, 5.41) is 5.33. The van der Waals surface area contributed by atoms with Crippen LogP contribution in [0.5, 0.6) is 5.75 Å². The van der Waals surface area contributed by atoms with Crippen LogP contribution in [0, 0.1) is 0 Å². The number of rotatable bonds is 5. The quantitative estimate of drug-likeness (QED) is 0.754. The first kappa shape index (κ1) is 21.3. The van der Waals surface area contributed by atoms with Crippen molar-refractivity contribution in [2.75, 3.05) is 25.0 Å². The van der Waals surface area contributed by atoms with Gasteiger partial charge in [-0.2, -0.15) is 0 Å². The van der Waals surface area contributed by atoms with E-state index >= 15 is 0 Å². The molecule has 8 nitrogen and oxygen atoms in total. The predicted molar refractivity (Wildman–Crippen MR) is 105 cm³/mol. The van der Waals surface area contributed by atoms with Crippen molar-refractivity contribution in [3.05, 3.63) is 36.4 Å². The van der Waals surface area contributed by atoms with E-state index in [-0.39, 0.29) is 24.8 Å². The van der Waals surface area contributed by atoms with E-state index in [0.717, 1.165) is 11.6 Å². The zero-order chi connectivity index (χ0) is 20.7. The predicted octanol–water partition coefficient (Wildman–Crippen LogP) is 2.45. The van der Waals surface area contributed by atoms with E-state index in [2.05, 4.69) is 17.2 Å². The Balaban J connectivity index is 2.00. The van der Waals surface area contributed by atoms with Crippen LogP contribution >= 0.6 is 0 Å². The first-order valence-electron chi connectivity index (χ1n) is 9.12. The number of benzene rings is 1. The van der Waals surface area contributed by atoms with Crippen LogP contribution in [-0.4, -0.2) is 48.1 Å². The van der Waals surface area contributed by atoms with Crippen LogP contribution in [-0.2, 0) is 20.9 Å². The van der Waals surface area contributed by atoms with Crippen molar-refractivity contribution in [2.24, 2.45) is 0 Å². The SMILES string of the molecule is C=CC(=O)NCCC(=O)Nc1ccc2c(c1)CN(C(=O)OC(C)(C)C)CCO2. The highest BCUT2D eigenvalue weighted by Crippen LogP contribution is 2.27. The molecule has 2 N–H and O–H groups in total. The third kappa shape index (κ3) is 6.61. The van der Waals surface area contributed by atoms with Crippen molar-refractivity contribution in [2.45, 2.75) is 39.3 Å². The molecule has 152 valence electrons. The molecule has 2 rings (SSSR count). The molecule has 1 aromatic carbocycles. The first-order valence-corrected chi connectivity index (χ1v) is 9.12. The van der Waals surface area contributed by atoms with Crippen molar-refractivity contribution in [1.29, 1.82) is 0 Å². The Hall–Kier alpha value is -3.03. The Labute approximate surface area is 164 Å². The maximum atomic E-state index is 12.4. The number of carbonyl (C=O) groups is 3. The molecule has 0 aromatic heterocycles. The molecule has 0 atom stereocenters. The summed E-state index contributed by atoms with van der Waals surface area (Å²) in [6.45, 7) is 10.1. The second-order valence-electron chi connectivity index (χ2n) is 7.37. The molecule has 8 heteroatoms. The lowest BCUT2D eigenvalue weighted by Gasteiger charge is -2.26. The van der Waals surface area contributed by atoms with E-state index in [1.807, 2.05) is 20.8 Å². The number of carbonyl (C=O) groups excluding carboxylic acids is 3. The summed E-state index contributed by atoms with van der Waals surface area (Å²) in [5.74, 6) is 0.113. The highest BCUT2D eigenvalue weighted by molar-refractivity contribution is 5.92. The number of nitrogens with zero attached hydrogens (tertiary/aromatic N) is 1. The molecule has 0 saturated heterocycles. The minimum atomic E-state index is -0.579. The molecular formula is C20H27N3O5. The number of anilines is 1. The number of amides is 3. The van der Waals surface area contributed by atoms with E-state index in [9.17, 15) is 14.4 Å². The van der Waals surface area contributed by atoms with Crippen LogP contribution in [0.25, 0.3) is 0 Å². The Kier molecular flexibility index (Phi) is 7.03. The van der Waals surface area contributed by atoms with Gasteiger partial charge in [-0.15, -0.1) is 0 Å². The van der Waals surface area contributed by atoms with Crippen LogP contribution in [0.15, 0.2) is 30.9 Å². The zero-order valence-electron chi connectivity index (χ0n) is 16.5. The fourth-order valence-corrected chi connectivity index (χ4v) is 2.55. The van der Waals surface area contributed by atoms with Gasteiger partial charge in [0.25, 0.3) is 0 Å². The van der Waals surface area contributed by atoms with Gasteiger partial charge in [-0.25, -0.2) is 4.79 Å². The summed E-state index contributed by atoms with van der Waals surface area (Å²) in [6, 6.07) is 5.28. The summed E-state index contributed by atoms with van der Waals surface area (Å²) in [7, 11) is 0. The maximum Gasteiger partial charge on any atom is 0.410 e. The molecule has 0 fully saturated rings. The zero-order valence-corrected chi connectivity index (χ0v) is 16.5. The molecule has 28 heavy (non-hydrogen) atoms. The number of ether oxygens (including phenoxy) is 2. The van der Waals surface area contributed by atoms with Gasteiger partial charge in [0.1, 0.15) is 18.0 Å². The second kappa shape index (κ2) is 9.25. The topological polar surface area (TPSA) is 97.0 Å². The molecule has 1 aromatic rings. The minimum absolute atomic E-state index is 0.136. The average molecular weight is 389 g/mol. The summed E-state index contributed by atoms with van der Waals surface area (Å²) in [6.07, 6.45) is 0.884. The Morgan fingerprint density at radius 3 is 2.75 bits per heavy atom. The highest BCUT2D eigenvalue weighted by Gasteiger charge is 2.25. The van der Waals surface area contributed by atoms with Crippen molar-refractivity contribution >= 4 is 23.6 Å². The summed E-state index contributed by atoms with van der Waals surface area (Å²) in [4.78, 5) is 37.1. The van der Waals surface area contributed by atoms with Gasteiger partial charge in [0.2, 0.25) is 11.8 Å². The molecule has 0 spiro atoms. The standard InChI is InChI=1S/C20H27N3O5/c1-5-17(24)21-9-8-18(25)22-15-6-7-16-14(12-15)13-23(10-11-27-16)19(26)28-20(2,3)4/h5-7,12H,1,8-11,13H2,2-4H3,(H,21,24)(H,22,25). The van der Waals surface area contributed by atoms with Gasteiger partial charge in [0.05, 0.1) is 13.1 Å². The molecule has 0 radical (unpaired) electrons. The Morgan fingerprint density at radius 1 is 1.32 bits per heavy atom. The van der Waals surface area contributed by atoms with E-state index in [1.165, 1.54) is 0 Å². The van der Waals surface area contributed by atoms with Gasteiger partial charge in [-0.3, -0.25) is 9.59 Å². The van der Waals surface area contributed by atoms with Crippen LogP contribution < -0.4 is 15.4 Å². The normalized spacial score (nSPS) is 13.5. The largest absolute Gasteiger partial charge is 0.491 e. The second-order valence-corrected chi connectivity index (χ2v) is 7.37. The van der Waals surface area contributed by atoms with Crippen molar-refractivity contribution < 1.29 is 23.9 Å². The van der Waals surface area contributed by atoms with E-state index in [0.29, 0.717) is 31.1 Å². The molecule has 0 aliphatic carbocycles. The van der Waals surface area contributed by atoms with Crippen LogP contribution in [0.3, 0.4) is 0 Å². The first-order chi connectivity index (χ1) is 13.2. The molecule has 3 amide bonds. The number of hydrogen-bond donors (Lipinski definition) is 2. The van der Waals surface area contributed by atoms with Gasteiger partial charge in [0, 0.05) is 24.2 Å². The van der Waals surface area contributed by atoms with E-state index in [1.54, 1.807) is 23.1 Å². The summed E-state index contributed by atoms with van der Waals surface area (Å²) in [5.41, 5.74) is 0.791. The van der Waals surface area contributed by atoms with Crippen molar-refractivity contribution in [1.82, 2.24) is 10.2 Å². The maximum absolute atomic E-state index is 12.4. The van der Waals surface area contributed by atoms with Gasteiger partial charge < -0.3 is 25.0 Å². The molecule has 1 aliphatic rings. The fraction of sp³-hybridized carbons (Fsp3) is 0.450. The van der Waals surface area contributed by atoms with Gasteiger partial charge >= 0.3 is 6.09 Å². The van der Waals surface area contributed by atoms with Crippen LogP contribution in [0.4, 0.5) is 10.5 Å². The molecule has 0 unspecified atom stereocenters. The molecule has 1 heterocycles. The summed E-state index contributed by atoms with van der Waals surface area (Å²) >= 11 is 0. The Bertz CT molecular complexity index is 755. The summed E-state index contributed by atoms with van der Waals surface area (Å²) < 4.78 is 11.1. The van der Waals surface area contributed by atoms with Crippen LogP contribution in [0.2, 0.25) is 0 Å². The number of hydrogen-bond acceptors (Lipinski definition) is 5. The van der Waals surface area contributed by atoms with Gasteiger partial charge in [-0.05, 0) is 45.0 Å². The average Bonchev–Trinajstić information content (AvgIpc) is 2.82. The number of nitrogens with one attached hydrogen (secondary N) is 2. The lowest BCUT2D eigenvalue weighted by atomic mass is 10.1. The van der Waals surface area contributed by atoms with Gasteiger partial charge in [-0.1, -0.05) is 6.58 Å².